The number of methoxy groups -OCH3 is 1. The average Bonchev–Trinajstić information content (AvgIpc) is 2.65. The van der Waals surface area contributed by atoms with Gasteiger partial charge in [-0.3, -0.25) is 0 Å². The summed E-state index contributed by atoms with van der Waals surface area (Å²) in [7, 11) is 1.68. The maximum atomic E-state index is 11.8. The van der Waals surface area contributed by atoms with Crippen LogP contribution in [0.2, 0.25) is 0 Å². The fraction of sp³-hybridized carbons (Fsp3) is 0.579. The summed E-state index contributed by atoms with van der Waals surface area (Å²) >= 11 is 0. The van der Waals surface area contributed by atoms with Crippen LogP contribution in [0.5, 0.6) is 5.75 Å². The van der Waals surface area contributed by atoms with Crippen molar-refractivity contribution in [1.82, 2.24) is 15.1 Å². The van der Waals surface area contributed by atoms with Gasteiger partial charge in [-0.1, -0.05) is 12.1 Å². The van der Waals surface area contributed by atoms with Crippen molar-refractivity contribution in [2.24, 2.45) is 4.99 Å². The number of carbonyl (C=O) groups is 1. The molecule has 1 saturated heterocycles. The second-order valence-electron chi connectivity index (χ2n) is 6.15. The van der Waals surface area contributed by atoms with Crippen molar-refractivity contribution < 1.29 is 14.3 Å². The molecule has 144 valence electrons. The molecule has 1 aromatic rings. The largest absolute Gasteiger partial charge is 0.496 e. The SMILES string of the molecule is CCNC(=NCc1ccc(OC)c(C)c1)N1CCN(C(=O)OCC)CC1. The molecular formula is C19H30N4O3. The molecule has 1 N–H and O–H groups in total. The Balaban J connectivity index is 1.99. The normalized spacial score (nSPS) is 15.0. The number of aliphatic imine (C=N–C) groups is 1. The van der Waals surface area contributed by atoms with E-state index in [-0.39, 0.29) is 6.09 Å². The summed E-state index contributed by atoms with van der Waals surface area (Å²) in [5.74, 6) is 1.77. The first kappa shape index (κ1) is 19.9. The maximum absolute atomic E-state index is 11.8. The molecule has 26 heavy (non-hydrogen) atoms. The molecule has 1 aromatic carbocycles. The zero-order valence-electron chi connectivity index (χ0n) is 16.2. The smallest absolute Gasteiger partial charge is 0.409 e. The van der Waals surface area contributed by atoms with E-state index >= 15 is 0 Å². The van der Waals surface area contributed by atoms with Crippen LogP contribution < -0.4 is 10.1 Å². The summed E-state index contributed by atoms with van der Waals surface area (Å²) in [6.07, 6.45) is -0.234. The van der Waals surface area contributed by atoms with Crippen molar-refractivity contribution in [2.45, 2.75) is 27.3 Å². The van der Waals surface area contributed by atoms with Crippen LogP contribution in [-0.2, 0) is 11.3 Å². The quantitative estimate of drug-likeness (QED) is 0.643. The van der Waals surface area contributed by atoms with Crippen LogP contribution in [0, 0.1) is 6.92 Å². The van der Waals surface area contributed by atoms with E-state index in [1.165, 1.54) is 0 Å². The Kier molecular flexibility index (Phi) is 7.56. The summed E-state index contributed by atoms with van der Waals surface area (Å²) in [5.41, 5.74) is 2.25. The van der Waals surface area contributed by atoms with Crippen molar-refractivity contribution in [3.63, 3.8) is 0 Å². The van der Waals surface area contributed by atoms with Crippen LogP contribution >= 0.6 is 0 Å². The van der Waals surface area contributed by atoms with Gasteiger partial charge in [0, 0.05) is 32.7 Å². The number of hydrogen-bond acceptors (Lipinski definition) is 4. The average molecular weight is 362 g/mol. The Morgan fingerprint density at radius 3 is 2.46 bits per heavy atom. The number of amides is 1. The Labute approximate surface area is 156 Å². The van der Waals surface area contributed by atoms with Crippen molar-refractivity contribution in [2.75, 3.05) is 46.4 Å². The van der Waals surface area contributed by atoms with Gasteiger partial charge < -0.3 is 24.6 Å². The number of carbonyl (C=O) groups excluding carboxylic acids is 1. The third-order valence-electron chi connectivity index (χ3n) is 4.31. The summed E-state index contributed by atoms with van der Waals surface area (Å²) in [5, 5.41) is 3.35. The Hall–Kier alpha value is -2.44. The van der Waals surface area contributed by atoms with E-state index in [4.69, 9.17) is 14.5 Å². The number of aryl methyl sites for hydroxylation is 1. The van der Waals surface area contributed by atoms with E-state index in [2.05, 4.69) is 23.2 Å². The van der Waals surface area contributed by atoms with Crippen molar-refractivity contribution >= 4 is 12.1 Å². The van der Waals surface area contributed by atoms with Crippen molar-refractivity contribution in [3.05, 3.63) is 29.3 Å². The minimum Gasteiger partial charge on any atom is -0.496 e. The Bertz CT molecular complexity index is 625. The number of piperazine rings is 1. The fourth-order valence-corrected chi connectivity index (χ4v) is 2.95. The monoisotopic (exact) mass is 362 g/mol. The van der Waals surface area contributed by atoms with E-state index in [1.807, 2.05) is 26.0 Å². The number of rotatable bonds is 5. The first-order valence-corrected chi connectivity index (χ1v) is 9.17. The van der Waals surface area contributed by atoms with Crippen molar-refractivity contribution in [1.29, 1.82) is 0 Å². The lowest BCUT2D eigenvalue weighted by Crippen LogP contribution is -2.53. The second-order valence-corrected chi connectivity index (χ2v) is 6.15. The minimum atomic E-state index is -0.234. The highest BCUT2D eigenvalue weighted by Crippen LogP contribution is 2.19. The van der Waals surface area contributed by atoms with Crippen LogP contribution in [0.3, 0.4) is 0 Å². The van der Waals surface area contributed by atoms with Gasteiger partial charge in [-0.15, -0.1) is 0 Å². The summed E-state index contributed by atoms with van der Waals surface area (Å²) < 4.78 is 10.4. The molecule has 0 saturated carbocycles. The topological polar surface area (TPSA) is 66.4 Å². The lowest BCUT2D eigenvalue weighted by molar-refractivity contribution is 0.0914. The first-order valence-electron chi connectivity index (χ1n) is 9.17. The molecule has 0 unspecified atom stereocenters. The van der Waals surface area contributed by atoms with E-state index in [0.29, 0.717) is 26.2 Å². The summed E-state index contributed by atoms with van der Waals surface area (Å²) in [6.45, 7) is 10.5. The zero-order valence-corrected chi connectivity index (χ0v) is 16.2. The zero-order chi connectivity index (χ0) is 18.9. The lowest BCUT2D eigenvalue weighted by atomic mass is 10.1. The van der Waals surface area contributed by atoms with Gasteiger partial charge in [0.1, 0.15) is 5.75 Å². The molecule has 1 aliphatic rings. The van der Waals surface area contributed by atoms with Gasteiger partial charge in [0.15, 0.2) is 5.96 Å². The van der Waals surface area contributed by atoms with Crippen LogP contribution in [0.15, 0.2) is 23.2 Å². The summed E-state index contributed by atoms with van der Waals surface area (Å²) in [4.78, 5) is 20.5. The fourth-order valence-electron chi connectivity index (χ4n) is 2.95. The number of guanidine groups is 1. The molecule has 2 rings (SSSR count). The van der Waals surface area contributed by atoms with Crippen molar-refractivity contribution in [3.8, 4) is 5.75 Å². The molecule has 7 nitrogen and oxygen atoms in total. The number of ether oxygens (including phenoxy) is 2. The molecule has 0 aromatic heterocycles. The molecule has 0 bridgehead atoms. The highest BCUT2D eigenvalue weighted by Gasteiger charge is 2.23. The molecule has 0 aliphatic carbocycles. The molecule has 1 amide bonds. The molecule has 1 fully saturated rings. The van der Waals surface area contributed by atoms with Crippen LogP contribution in [-0.4, -0.2) is 68.3 Å². The van der Waals surface area contributed by atoms with Gasteiger partial charge >= 0.3 is 6.09 Å². The molecule has 1 aliphatic heterocycles. The van der Waals surface area contributed by atoms with Crippen LogP contribution in [0.4, 0.5) is 4.79 Å². The molecule has 0 spiro atoms. The van der Waals surface area contributed by atoms with E-state index < -0.39 is 0 Å². The lowest BCUT2D eigenvalue weighted by Gasteiger charge is -2.35. The molecule has 7 heteroatoms. The van der Waals surface area contributed by atoms with Crippen LogP contribution in [0.1, 0.15) is 25.0 Å². The van der Waals surface area contributed by atoms with Gasteiger partial charge in [-0.25, -0.2) is 9.79 Å². The van der Waals surface area contributed by atoms with E-state index in [0.717, 1.165) is 42.5 Å². The molecule has 0 radical (unpaired) electrons. The molecular weight excluding hydrogens is 332 g/mol. The predicted octanol–water partition coefficient (Wildman–Crippen LogP) is 2.24. The van der Waals surface area contributed by atoms with Gasteiger partial charge in [-0.2, -0.15) is 0 Å². The predicted molar refractivity (Wildman–Crippen MR) is 103 cm³/mol. The van der Waals surface area contributed by atoms with Gasteiger partial charge in [-0.05, 0) is 38.0 Å². The van der Waals surface area contributed by atoms with Crippen LogP contribution in [0.25, 0.3) is 0 Å². The minimum absolute atomic E-state index is 0.234. The van der Waals surface area contributed by atoms with E-state index in [1.54, 1.807) is 12.0 Å². The number of nitrogens with zero attached hydrogens (tertiary/aromatic N) is 3. The second kappa shape index (κ2) is 9.89. The van der Waals surface area contributed by atoms with Gasteiger partial charge in [0.2, 0.25) is 0 Å². The Morgan fingerprint density at radius 1 is 1.19 bits per heavy atom. The number of benzene rings is 1. The standard InChI is InChI=1S/C19H30N4O3/c1-5-20-18(21-14-16-7-8-17(25-4)15(3)13-16)22-9-11-23(12-10-22)19(24)26-6-2/h7-8,13H,5-6,9-12,14H2,1-4H3,(H,20,21). The number of hydrogen-bond donors (Lipinski definition) is 1. The summed E-state index contributed by atoms with van der Waals surface area (Å²) in [6, 6.07) is 6.12. The molecule has 0 atom stereocenters. The molecule has 1 heterocycles. The highest BCUT2D eigenvalue weighted by molar-refractivity contribution is 5.80. The third kappa shape index (κ3) is 5.28. The Morgan fingerprint density at radius 2 is 1.88 bits per heavy atom. The first-order chi connectivity index (χ1) is 12.6. The van der Waals surface area contributed by atoms with Gasteiger partial charge in [0.25, 0.3) is 0 Å². The van der Waals surface area contributed by atoms with E-state index in [9.17, 15) is 4.79 Å². The third-order valence-corrected chi connectivity index (χ3v) is 4.31. The highest BCUT2D eigenvalue weighted by atomic mass is 16.6. The van der Waals surface area contributed by atoms with Gasteiger partial charge in [0.05, 0.1) is 20.3 Å². The number of nitrogens with one attached hydrogen (secondary N) is 1. The maximum Gasteiger partial charge on any atom is 0.409 e.